The Hall–Kier alpha value is -3.87. The third-order valence-electron chi connectivity index (χ3n) is 9.23. The van der Waals surface area contributed by atoms with Gasteiger partial charge >= 0.3 is 0 Å². The van der Waals surface area contributed by atoms with Crippen molar-refractivity contribution < 1.29 is 14.0 Å². The molecular weight excluding hydrogens is 527 g/mol. The number of benzene rings is 3. The van der Waals surface area contributed by atoms with Crippen molar-refractivity contribution in [1.82, 2.24) is 4.90 Å². The van der Waals surface area contributed by atoms with Crippen molar-refractivity contribution in [3.63, 3.8) is 0 Å². The lowest BCUT2D eigenvalue weighted by molar-refractivity contribution is -0.123. The van der Waals surface area contributed by atoms with Crippen molar-refractivity contribution >= 4 is 28.9 Å². The number of anilines is 3. The van der Waals surface area contributed by atoms with Crippen LogP contribution in [0.2, 0.25) is 0 Å². The van der Waals surface area contributed by atoms with Gasteiger partial charge in [0.1, 0.15) is 5.82 Å². The summed E-state index contributed by atoms with van der Waals surface area (Å²) >= 11 is 0. The monoisotopic (exact) mass is 568 g/mol. The molecule has 3 fully saturated rings. The summed E-state index contributed by atoms with van der Waals surface area (Å²) in [6.07, 6.45) is 8.53. The van der Waals surface area contributed by atoms with E-state index in [1.54, 1.807) is 24.0 Å². The molecule has 7 heteroatoms. The number of piperidine rings is 1. The van der Waals surface area contributed by atoms with Gasteiger partial charge in [-0.2, -0.15) is 0 Å². The molecule has 1 aliphatic carbocycles. The van der Waals surface area contributed by atoms with Crippen LogP contribution in [-0.4, -0.2) is 42.4 Å². The van der Waals surface area contributed by atoms with E-state index in [1.165, 1.54) is 44.6 Å². The number of carbonyl (C=O) groups is 2. The van der Waals surface area contributed by atoms with Gasteiger partial charge < -0.3 is 20.4 Å². The zero-order chi connectivity index (χ0) is 29.1. The van der Waals surface area contributed by atoms with Crippen molar-refractivity contribution in [3.8, 4) is 0 Å². The fourth-order valence-corrected chi connectivity index (χ4v) is 7.03. The molecule has 1 saturated carbocycles. The maximum absolute atomic E-state index is 15.0. The van der Waals surface area contributed by atoms with Gasteiger partial charge in [-0.15, -0.1) is 0 Å². The zero-order valence-electron chi connectivity index (χ0n) is 24.4. The van der Waals surface area contributed by atoms with Gasteiger partial charge in [0.25, 0.3) is 5.91 Å². The molecule has 6 nitrogen and oxygen atoms in total. The summed E-state index contributed by atoms with van der Waals surface area (Å²) in [7, 11) is 0. The fourth-order valence-electron chi connectivity index (χ4n) is 7.03. The molecule has 0 aromatic heterocycles. The van der Waals surface area contributed by atoms with E-state index in [4.69, 9.17) is 0 Å². The van der Waals surface area contributed by atoms with Gasteiger partial charge in [-0.3, -0.25) is 9.59 Å². The molecule has 2 aliphatic heterocycles. The highest BCUT2D eigenvalue weighted by molar-refractivity contribution is 5.98. The quantitative estimate of drug-likeness (QED) is 0.313. The van der Waals surface area contributed by atoms with E-state index in [0.29, 0.717) is 31.0 Å². The number of nitrogens with zero attached hydrogens (tertiary/aromatic N) is 2. The molecule has 2 saturated heterocycles. The Bertz CT molecular complexity index is 1390. The number of nitrogens with one attached hydrogen (secondary N) is 2. The van der Waals surface area contributed by atoms with E-state index in [0.717, 1.165) is 35.7 Å². The van der Waals surface area contributed by atoms with Crippen LogP contribution in [0.25, 0.3) is 0 Å². The van der Waals surface area contributed by atoms with Crippen LogP contribution in [0.3, 0.4) is 0 Å². The van der Waals surface area contributed by atoms with Crippen LogP contribution in [0.1, 0.15) is 78.9 Å². The second-order valence-corrected chi connectivity index (χ2v) is 12.1. The standard InChI is InChI=1S/C35H41FN4O2/c1-24-9-6-15-31(36)32(24)35(42)40-22-8-14-30(33(40)25-16-18-27(19-17-25)37-26-10-2-3-11-26)34(41)38-28-12-7-13-29(23-28)39-20-4-5-21-39/h6-7,9,12-13,15-19,23,26,30,33,37H,2-5,8,10-11,14,20-22H2,1H3,(H,38,41)/t30-,33+/m1/s1. The SMILES string of the molecule is Cc1cccc(F)c1C(=O)N1CCC[C@@H](C(=O)Nc2cccc(N3CCCC3)c2)[C@@H]1c1ccc(NC2CCCC2)cc1. The van der Waals surface area contributed by atoms with Crippen molar-refractivity contribution in [2.75, 3.05) is 35.2 Å². The number of hydrogen-bond acceptors (Lipinski definition) is 4. The molecule has 2 amide bonds. The summed E-state index contributed by atoms with van der Waals surface area (Å²) in [6, 6.07) is 20.9. The van der Waals surface area contributed by atoms with E-state index >= 15 is 4.39 Å². The Balaban J connectivity index is 1.29. The molecule has 3 aliphatic rings. The third-order valence-corrected chi connectivity index (χ3v) is 9.23. The van der Waals surface area contributed by atoms with Crippen molar-refractivity contribution in [1.29, 1.82) is 0 Å². The van der Waals surface area contributed by atoms with E-state index in [1.807, 2.05) is 42.5 Å². The molecule has 42 heavy (non-hydrogen) atoms. The molecule has 2 heterocycles. The first kappa shape index (κ1) is 28.3. The first-order valence-corrected chi connectivity index (χ1v) is 15.6. The number of aryl methyl sites for hydroxylation is 1. The van der Waals surface area contributed by atoms with Gasteiger partial charge in [0.15, 0.2) is 0 Å². The Morgan fingerprint density at radius 2 is 1.55 bits per heavy atom. The summed E-state index contributed by atoms with van der Waals surface area (Å²) in [5.74, 6) is -1.48. The number of carbonyl (C=O) groups excluding carboxylic acids is 2. The summed E-state index contributed by atoms with van der Waals surface area (Å²) < 4.78 is 15.0. The Kier molecular flexibility index (Phi) is 8.45. The highest BCUT2D eigenvalue weighted by Crippen LogP contribution is 2.39. The normalized spacial score (nSPS) is 21.0. The average Bonchev–Trinajstić information content (AvgIpc) is 3.72. The summed E-state index contributed by atoms with van der Waals surface area (Å²) in [4.78, 5) is 32.0. The van der Waals surface area contributed by atoms with E-state index < -0.39 is 17.8 Å². The maximum Gasteiger partial charge on any atom is 0.257 e. The lowest BCUT2D eigenvalue weighted by Crippen LogP contribution is -2.46. The molecule has 0 radical (unpaired) electrons. The largest absolute Gasteiger partial charge is 0.382 e. The van der Waals surface area contributed by atoms with Gasteiger partial charge in [0, 0.05) is 42.7 Å². The number of hydrogen-bond donors (Lipinski definition) is 2. The summed E-state index contributed by atoms with van der Waals surface area (Å²) in [6.45, 7) is 4.28. The minimum absolute atomic E-state index is 0.0846. The fraction of sp³-hybridized carbons (Fsp3) is 0.429. The van der Waals surface area contributed by atoms with Gasteiger partial charge in [-0.05, 0) is 93.0 Å². The summed E-state index contributed by atoms with van der Waals surface area (Å²) in [5, 5.41) is 6.79. The molecule has 2 N–H and O–H groups in total. The summed E-state index contributed by atoms with van der Waals surface area (Å²) in [5.41, 5.74) is 4.49. The topological polar surface area (TPSA) is 64.7 Å². The molecule has 0 bridgehead atoms. The third kappa shape index (κ3) is 6.01. The van der Waals surface area contributed by atoms with E-state index in [-0.39, 0.29) is 17.4 Å². The number of likely N-dealkylation sites (tertiary alicyclic amines) is 1. The van der Waals surface area contributed by atoms with Crippen LogP contribution in [-0.2, 0) is 4.79 Å². The highest BCUT2D eigenvalue weighted by Gasteiger charge is 2.40. The van der Waals surface area contributed by atoms with Crippen molar-refractivity contribution in [3.05, 3.63) is 89.2 Å². The zero-order valence-corrected chi connectivity index (χ0v) is 24.4. The minimum atomic E-state index is -0.528. The lowest BCUT2D eigenvalue weighted by Gasteiger charge is -2.41. The van der Waals surface area contributed by atoms with Gasteiger partial charge in [-0.1, -0.05) is 43.2 Å². The van der Waals surface area contributed by atoms with Gasteiger partial charge in [0.2, 0.25) is 5.91 Å². The molecule has 220 valence electrons. The second kappa shape index (κ2) is 12.6. The minimum Gasteiger partial charge on any atom is -0.382 e. The van der Waals surface area contributed by atoms with Crippen LogP contribution >= 0.6 is 0 Å². The average molecular weight is 569 g/mol. The number of rotatable bonds is 7. The molecule has 0 spiro atoms. The maximum atomic E-state index is 15.0. The molecule has 3 aromatic rings. The first-order valence-electron chi connectivity index (χ1n) is 15.6. The van der Waals surface area contributed by atoms with Gasteiger partial charge in [-0.25, -0.2) is 4.39 Å². The molecule has 6 rings (SSSR count). The molecule has 3 aromatic carbocycles. The molecule has 0 unspecified atom stereocenters. The lowest BCUT2D eigenvalue weighted by atomic mass is 9.83. The predicted molar refractivity (Wildman–Crippen MR) is 166 cm³/mol. The van der Waals surface area contributed by atoms with Crippen LogP contribution < -0.4 is 15.5 Å². The molecule has 2 atom stereocenters. The van der Waals surface area contributed by atoms with Crippen LogP contribution in [0.5, 0.6) is 0 Å². The van der Waals surface area contributed by atoms with Crippen LogP contribution in [0.4, 0.5) is 21.5 Å². The number of halogens is 1. The smallest absolute Gasteiger partial charge is 0.257 e. The van der Waals surface area contributed by atoms with E-state index in [2.05, 4.69) is 21.6 Å². The van der Waals surface area contributed by atoms with Gasteiger partial charge in [0.05, 0.1) is 17.5 Å². The highest BCUT2D eigenvalue weighted by atomic mass is 19.1. The van der Waals surface area contributed by atoms with E-state index in [9.17, 15) is 9.59 Å². The second-order valence-electron chi connectivity index (χ2n) is 12.1. The number of amides is 2. The Labute approximate surface area is 248 Å². The first-order chi connectivity index (χ1) is 20.5. The Morgan fingerprint density at radius 3 is 2.29 bits per heavy atom. The molecular formula is C35H41FN4O2. The van der Waals surface area contributed by atoms with Crippen molar-refractivity contribution in [2.45, 2.75) is 70.4 Å². The van der Waals surface area contributed by atoms with Crippen LogP contribution in [0, 0.1) is 18.7 Å². The van der Waals surface area contributed by atoms with Crippen LogP contribution in [0.15, 0.2) is 66.7 Å². The Morgan fingerprint density at radius 1 is 0.810 bits per heavy atom. The predicted octanol–water partition coefficient (Wildman–Crippen LogP) is 7.32. The van der Waals surface area contributed by atoms with Crippen molar-refractivity contribution in [2.24, 2.45) is 5.92 Å².